The molecule has 0 saturated carbocycles. The number of carbonyl (C=O) groups excluding carboxylic acids is 2. The Morgan fingerprint density at radius 1 is 1.20 bits per heavy atom. The maximum absolute atomic E-state index is 12.5. The Morgan fingerprint density at radius 2 is 1.92 bits per heavy atom. The van der Waals surface area contributed by atoms with Crippen LogP contribution in [0.5, 0.6) is 0 Å². The molecular weight excluding hydrogens is 334 g/mol. The molecule has 2 amide bonds. The summed E-state index contributed by atoms with van der Waals surface area (Å²) in [6.45, 7) is 1.32. The van der Waals surface area contributed by atoms with Gasteiger partial charge in [-0.25, -0.2) is 0 Å². The molecule has 3 N–H and O–H groups in total. The first-order chi connectivity index (χ1) is 12.1. The molecule has 132 valence electrons. The van der Waals surface area contributed by atoms with Gasteiger partial charge in [0.25, 0.3) is 5.91 Å². The van der Waals surface area contributed by atoms with Gasteiger partial charge in [0.1, 0.15) is 0 Å². The van der Waals surface area contributed by atoms with Crippen molar-refractivity contribution in [3.8, 4) is 0 Å². The summed E-state index contributed by atoms with van der Waals surface area (Å²) in [5, 5.41) is 6.79. The van der Waals surface area contributed by atoms with Gasteiger partial charge in [-0.1, -0.05) is 30.3 Å². The summed E-state index contributed by atoms with van der Waals surface area (Å²) in [6.07, 6.45) is 1.88. The van der Waals surface area contributed by atoms with Gasteiger partial charge in [-0.15, -0.1) is 0 Å². The Labute approximate surface area is 151 Å². The Morgan fingerprint density at radius 3 is 2.56 bits per heavy atom. The van der Waals surface area contributed by atoms with Crippen LogP contribution in [-0.2, 0) is 4.79 Å². The van der Waals surface area contributed by atoms with Crippen molar-refractivity contribution in [1.29, 1.82) is 0 Å². The molecule has 2 aromatic rings. The highest BCUT2D eigenvalue weighted by molar-refractivity contribution is 7.08. The number of piperidine rings is 1. The number of nitrogens with two attached hydrogens (primary N) is 1. The van der Waals surface area contributed by atoms with E-state index < -0.39 is 0 Å². The monoisotopic (exact) mass is 357 g/mol. The van der Waals surface area contributed by atoms with Gasteiger partial charge in [-0.3, -0.25) is 9.59 Å². The molecule has 2 heterocycles. The van der Waals surface area contributed by atoms with E-state index in [0.717, 1.165) is 18.4 Å². The molecule has 5 nitrogen and oxygen atoms in total. The van der Waals surface area contributed by atoms with Crippen LogP contribution in [0.1, 0.15) is 41.2 Å². The molecule has 1 saturated heterocycles. The lowest BCUT2D eigenvalue weighted by Crippen LogP contribution is -2.47. The first kappa shape index (κ1) is 17.6. The van der Waals surface area contributed by atoms with Crippen molar-refractivity contribution in [2.75, 3.05) is 13.1 Å². The first-order valence-electron chi connectivity index (χ1n) is 8.55. The fourth-order valence-corrected chi connectivity index (χ4v) is 3.71. The molecular formula is C19H23N3O2S. The second-order valence-electron chi connectivity index (χ2n) is 6.36. The lowest BCUT2D eigenvalue weighted by molar-refractivity contribution is -0.132. The number of amides is 2. The van der Waals surface area contributed by atoms with E-state index in [1.807, 2.05) is 52.1 Å². The molecule has 0 aliphatic carbocycles. The van der Waals surface area contributed by atoms with Crippen molar-refractivity contribution in [3.63, 3.8) is 0 Å². The van der Waals surface area contributed by atoms with Gasteiger partial charge in [-0.05, 0) is 29.9 Å². The zero-order valence-corrected chi connectivity index (χ0v) is 14.9. The third-order valence-electron chi connectivity index (χ3n) is 4.59. The van der Waals surface area contributed by atoms with E-state index in [-0.39, 0.29) is 23.9 Å². The van der Waals surface area contributed by atoms with Crippen LogP contribution in [-0.4, -0.2) is 35.8 Å². The molecule has 25 heavy (non-hydrogen) atoms. The Balaban J connectivity index is 1.45. The summed E-state index contributed by atoms with van der Waals surface area (Å²) in [4.78, 5) is 26.4. The second kappa shape index (κ2) is 8.27. The van der Waals surface area contributed by atoms with Gasteiger partial charge in [-0.2, -0.15) is 11.3 Å². The van der Waals surface area contributed by atoms with Crippen molar-refractivity contribution in [3.05, 3.63) is 58.3 Å². The minimum absolute atomic E-state index is 0.0304. The number of hydrogen-bond acceptors (Lipinski definition) is 4. The van der Waals surface area contributed by atoms with Gasteiger partial charge in [0.05, 0.1) is 0 Å². The minimum atomic E-state index is -0.273. The van der Waals surface area contributed by atoms with Gasteiger partial charge >= 0.3 is 0 Å². The highest BCUT2D eigenvalue weighted by Gasteiger charge is 2.25. The number of hydrogen-bond donors (Lipinski definition) is 2. The molecule has 1 aromatic heterocycles. The lowest BCUT2D eigenvalue weighted by Gasteiger charge is -2.33. The number of nitrogens with zero attached hydrogens (tertiary/aromatic N) is 1. The van der Waals surface area contributed by atoms with E-state index in [9.17, 15) is 9.59 Å². The quantitative estimate of drug-likeness (QED) is 0.863. The van der Waals surface area contributed by atoms with E-state index in [1.165, 1.54) is 11.3 Å². The third-order valence-corrected chi connectivity index (χ3v) is 5.27. The number of rotatable bonds is 5. The van der Waals surface area contributed by atoms with Gasteiger partial charge < -0.3 is 16.0 Å². The molecule has 1 unspecified atom stereocenters. The summed E-state index contributed by atoms with van der Waals surface area (Å²) in [5.41, 5.74) is 7.83. The highest BCUT2D eigenvalue weighted by Crippen LogP contribution is 2.18. The van der Waals surface area contributed by atoms with E-state index in [1.54, 1.807) is 0 Å². The van der Waals surface area contributed by atoms with Crippen LogP contribution in [0.15, 0.2) is 47.2 Å². The molecule has 0 radical (unpaired) electrons. The average Bonchev–Trinajstić information content (AvgIpc) is 3.18. The Kier molecular flexibility index (Phi) is 5.83. The van der Waals surface area contributed by atoms with Crippen molar-refractivity contribution >= 4 is 23.2 Å². The number of thiophene rings is 1. The molecule has 3 rings (SSSR count). The van der Waals surface area contributed by atoms with Crippen molar-refractivity contribution in [1.82, 2.24) is 10.2 Å². The van der Waals surface area contributed by atoms with Gasteiger partial charge in [0.2, 0.25) is 5.91 Å². The fourth-order valence-electron chi connectivity index (χ4n) is 3.07. The van der Waals surface area contributed by atoms with Crippen molar-refractivity contribution < 1.29 is 9.59 Å². The normalized spacial score (nSPS) is 16.4. The predicted molar refractivity (Wildman–Crippen MR) is 99.4 cm³/mol. The third kappa shape index (κ3) is 4.67. The van der Waals surface area contributed by atoms with Crippen molar-refractivity contribution in [2.24, 2.45) is 5.73 Å². The fraction of sp³-hybridized carbons (Fsp3) is 0.368. The second-order valence-corrected chi connectivity index (χ2v) is 7.14. The summed E-state index contributed by atoms with van der Waals surface area (Å²) >= 11 is 1.51. The molecule has 0 spiro atoms. The number of carbonyl (C=O) groups is 2. The Hall–Kier alpha value is -2.18. The van der Waals surface area contributed by atoms with Crippen LogP contribution >= 0.6 is 11.3 Å². The predicted octanol–water partition coefficient (Wildman–Crippen LogP) is 2.56. The smallest absolute Gasteiger partial charge is 0.252 e. The summed E-state index contributed by atoms with van der Waals surface area (Å²) in [5.74, 6) is 0.0519. The zero-order chi connectivity index (χ0) is 17.6. The first-order valence-corrected chi connectivity index (χ1v) is 9.49. The molecule has 1 atom stereocenters. The topological polar surface area (TPSA) is 75.4 Å². The van der Waals surface area contributed by atoms with Gasteiger partial charge in [0.15, 0.2) is 0 Å². The van der Waals surface area contributed by atoms with Gasteiger partial charge in [0, 0.05) is 42.5 Å². The van der Waals surface area contributed by atoms with Crippen LogP contribution in [0.3, 0.4) is 0 Å². The zero-order valence-electron chi connectivity index (χ0n) is 14.1. The maximum Gasteiger partial charge on any atom is 0.252 e. The number of likely N-dealkylation sites (tertiary alicyclic amines) is 1. The van der Waals surface area contributed by atoms with Crippen LogP contribution in [0.25, 0.3) is 0 Å². The molecule has 0 bridgehead atoms. The average molecular weight is 357 g/mol. The lowest BCUT2D eigenvalue weighted by atomic mass is 10.0. The number of nitrogens with one attached hydrogen (secondary N) is 1. The molecule has 1 aliphatic heterocycles. The molecule has 6 heteroatoms. The SMILES string of the molecule is NC(CC(=O)N1CCC(NC(=O)c2ccsc2)CC1)c1ccccc1. The van der Waals surface area contributed by atoms with Crippen LogP contribution < -0.4 is 11.1 Å². The van der Waals surface area contributed by atoms with E-state index in [2.05, 4.69) is 5.32 Å². The summed E-state index contributed by atoms with van der Waals surface area (Å²) in [6, 6.07) is 11.4. The molecule has 1 aromatic carbocycles. The van der Waals surface area contributed by atoms with Crippen LogP contribution in [0.2, 0.25) is 0 Å². The van der Waals surface area contributed by atoms with Crippen LogP contribution in [0, 0.1) is 0 Å². The van der Waals surface area contributed by atoms with Crippen LogP contribution in [0.4, 0.5) is 0 Å². The molecule has 1 aliphatic rings. The minimum Gasteiger partial charge on any atom is -0.349 e. The van der Waals surface area contributed by atoms with Crippen molar-refractivity contribution in [2.45, 2.75) is 31.3 Å². The standard InChI is InChI=1S/C19H23N3O2S/c20-17(14-4-2-1-3-5-14)12-18(23)22-9-6-16(7-10-22)21-19(24)15-8-11-25-13-15/h1-5,8,11,13,16-17H,6-7,9-10,12,20H2,(H,21,24). The summed E-state index contributed by atoms with van der Waals surface area (Å²) < 4.78 is 0. The Bertz CT molecular complexity index is 695. The largest absolute Gasteiger partial charge is 0.349 e. The maximum atomic E-state index is 12.5. The van der Waals surface area contributed by atoms with E-state index in [4.69, 9.17) is 5.73 Å². The van der Waals surface area contributed by atoms with E-state index >= 15 is 0 Å². The van der Waals surface area contributed by atoms with E-state index in [0.29, 0.717) is 25.1 Å². The number of benzene rings is 1. The highest BCUT2D eigenvalue weighted by atomic mass is 32.1. The molecule has 1 fully saturated rings. The summed E-state index contributed by atoms with van der Waals surface area (Å²) in [7, 11) is 0.